The topological polar surface area (TPSA) is 217 Å². The van der Waals surface area contributed by atoms with Gasteiger partial charge in [0.05, 0.1) is 6.10 Å². The number of aromatic hydroxyl groups is 5. The molecule has 43 heavy (non-hydrogen) atoms. The van der Waals surface area contributed by atoms with Crippen LogP contribution in [0, 0.1) is 0 Å². The first-order valence-corrected chi connectivity index (χ1v) is 12.8. The summed E-state index contributed by atoms with van der Waals surface area (Å²) in [6.07, 6.45) is -5.29. The third-order valence-corrected chi connectivity index (χ3v) is 6.73. The first kappa shape index (κ1) is 29.3. The third kappa shape index (κ3) is 5.90. The molecule has 4 aromatic rings. The number of phenolic OH excluding ortho intramolecular Hbond substituents is 5. The molecule has 13 heteroatoms. The van der Waals surface area contributed by atoms with Crippen molar-refractivity contribution in [2.24, 2.45) is 0 Å². The molecule has 1 fully saturated rings. The fraction of sp³-hybridized carbons (Fsp3) is 0.200. The van der Waals surface area contributed by atoms with Crippen LogP contribution in [0.1, 0.15) is 12.5 Å². The standard InChI is InChI=1S/C30H26O13/c1-13-24(37)28(42-22(36)9-4-14-2-6-16(31)7-3-14)26(39)30(40-13)43-29-25(38)23-20(35)11-17(32)12-21(23)41-27(29)15-5-8-18(33)19(34)10-15/h2-13,24,26,28,30-35,37,39H,1H3/b9-4+/t13?,24-,26?,28?,30-/m0/s1. The molecule has 1 aromatic heterocycles. The van der Waals surface area contributed by atoms with Crippen LogP contribution in [0.3, 0.4) is 0 Å². The molecule has 0 amide bonds. The number of aliphatic hydroxyl groups excluding tert-OH is 2. The molecule has 0 aliphatic carbocycles. The number of ether oxygens (including phenoxy) is 3. The monoisotopic (exact) mass is 594 g/mol. The van der Waals surface area contributed by atoms with Gasteiger partial charge in [-0.15, -0.1) is 0 Å². The van der Waals surface area contributed by atoms with Gasteiger partial charge in [0.2, 0.25) is 17.5 Å². The summed E-state index contributed by atoms with van der Waals surface area (Å²) in [4.78, 5) is 26.2. The third-order valence-electron chi connectivity index (χ3n) is 6.73. The number of hydrogen-bond acceptors (Lipinski definition) is 13. The second kappa shape index (κ2) is 11.6. The Balaban J connectivity index is 1.49. The highest BCUT2D eigenvalue weighted by molar-refractivity contribution is 5.88. The molecule has 3 aromatic carbocycles. The quantitative estimate of drug-likeness (QED) is 0.0971. The van der Waals surface area contributed by atoms with Crippen molar-refractivity contribution in [3.63, 3.8) is 0 Å². The van der Waals surface area contributed by atoms with Gasteiger partial charge in [-0.05, 0) is 48.9 Å². The van der Waals surface area contributed by atoms with Gasteiger partial charge in [-0.25, -0.2) is 4.79 Å². The van der Waals surface area contributed by atoms with Gasteiger partial charge in [0.25, 0.3) is 0 Å². The zero-order chi connectivity index (χ0) is 31.0. The first-order valence-electron chi connectivity index (χ1n) is 12.8. The van der Waals surface area contributed by atoms with Gasteiger partial charge in [0.15, 0.2) is 29.5 Å². The lowest BCUT2D eigenvalue weighted by molar-refractivity contribution is -0.271. The van der Waals surface area contributed by atoms with E-state index in [2.05, 4.69) is 0 Å². The second-order valence-corrected chi connectivity index (χ2v) is 9.77. The fourth-order valence-electron chi connectivity index (χ4n) is 4.50. The molecule has 13 nitrogen and oxygen atoms in total. The zero-order valence-corrected chi connectivity index (χ0v) is 22.3. The Morgan fingerprint density at radius 3 is 2.28 bits per heavy atom. The second-order valence-electron chi connectivity index (χ2n) is 9.77. The van der Waals surface area contributed by atoms with Gasteiger partial charge in [0.1, 0.15) is 34.3 Å². The maximum atomic E-state index is 13.6. The summed E-state index contributed by atoms with van der Waals surface area (Å²) in [6.45, 7) is 1.41. The summed E-state index contributed by atoms with van der Waals surface area (Å²) < 4.78 is 22.5. The van der Waals surface area contributed by atoms with Crippen LogP contribution in [0.2, 0.25) is 0 Å². The number of esters is 1. The Kier molecular flexibility index (Phi) is 7.87. The van der Waals surface area contributed by atoms with Crippen LogP contribution in [0.25, 0.3) is 28.4 Å². The summed E-state index contributed by atoms with van der Waals surface area (Å²) in [5, 5.41) is 70.8. The Morgan fingerprint density at radius 1 is 0.860 bits per heavy atom. The van der Waals surface area contributed by atoms with Gasteiger partial charge in [-0.1, -0.05) is 12.1 Å². The van der Waals surface area contributed by atoms with Gasteiger partial charge in [-0.3, -0.25) is 4.79 Å². The maximum absolute atomic E-state index is 13.6. The number of fused-ring (bicyclic) bond motifs is 1. The molecule has 224 valence electrons. The summed E-state index contributed by atoms with van der Waals surface area (Å²) >= 11 is 0. The molecule has 1 saturated heterocycles. The van der Waals surface area contributed by atoms with Gasteiger partial charge in [0, 0.05) is 23.8 Å². The molecule has 0 saturated carbocycles. The van der Waals surface area contributed by atoms with Crippen LogP contribution in [0.5, 0.6) is 34.5 Å². The molecule has 7 N–H and O–H groups in total. The molecule has 5 rings (SSSR count). The minimum atomic E-state index is -1.85. The van der Waals surface area contributed by atoms with E-state index < -0.39 is 70.9 Å². The van der Waals surface area contributed by atoms with Crippen molar-refractivity contribution in [3.8, 4) is 45.8 Å². The van der Waals surface area contributed by atoms with Gasteiger partial charge in [-0.2, -0.15) is 0 Å². The Hall–Kier alpha value is -5.24. The Morgan fingerprint density at radius 2 is 1.58 bits per heavy atom. The highest BCUT2D eigenvalue weighted by atomic mass is 16.7. The lowest BCUT2D eigenvalue weighted by atomic mass is 9.99. The minimum absolute atomic E-state index is 0.0212. The van der Waals surface area contributed by atoms with Gasteiger partial charge < -0.3 is 54.4 Å². The predicted molar refractivity (Wildman–Crippen MR) is 149 cm³/mol. The SMILES string of the molecule is CC1O[C@@H](Oc2c(-c3ccc(O)c(O)c3)oc3cc(O)cc(O)c3c2=O)C(O)C(OC(=O)/C=C/c2ccc(O)cc2)[C@H]1O. The van der Waals surface area contributed by atoms with E-state index in [9.17, 15) is 45.3 Å². The van der Waals surface area contributed by atoms with E-state index >= 15 is 0 Å². The molecular formula is C30H26O13. The summed E-state index contributed by atoms with van der Waals surface area (Å²) in [7, 11) is 0. The Labute approximate surface area is 242 Å². The maximum Gasteiger partial charge on any atom is 0.331 e. The molecule has 3 unspecified atom stereocenters. The molecule has 0 spiro atoms. The average molecular weight is 595 g/mol. The molecule has 0 bridgehead atoms. The first-order chi connectivity index (χ1) is 20.4. The van der Waals surface area contributed by atoms with Crippen molar-refractivity contribution in [1.82, 2.24) is 0 Å². The van der Waals surface area contributed by atoms with Crippen molar-refractivity contribution < 1.29 is 59.2 Å². The van der Waals surface area contributed by atoms with Crippen LogP contribution in [-0.2, 0) is 14.3 Å². The summed E-state index contributed by atoms with van der Waals surface area (Å²) in [5.74, 6) is -3.94. The number of hydrogen-bond donors (Lipinski definition) is 7. The van der Waals surface area contributed by atoms with Crippen LogP contribution in [0.15, 0.2) is 69.9 Å². The molecule has 0 radical (unpaired) electrons. The van der Waals surface area contributed by atoms with Crippen LogP contribution >= 0.6 is 0 Å². The minimum Gasteiger partial charge on any atom is -0.508 e. The van der Waals surface area contributed by atoms with Crippen LogP contribution < -0.4 is 10.2 Å². The van der Waals surface area contributed by atoms with E-state index in [1.807, 2.05) is 0 Å². The van der Waals surface area contributed by atoms with E-state index in [4.69, 9.17) is 18.6 Å². The lowest BCUT2D eigenvalue weighted by Crippen LogP contribution is -2.59. The molecule has 5 atom stereocenters. The van der Waals surface area contributed by atoms with Crippen LogP contribution in [0.4, 0.5) is 0 Å². The molecular weight excluding hydrogens is 568 g/mol. The number of carbonyl (C=O) groups excluding carboxylic acids is 1. The fourth-order valence-corrected chi connectivity index (χ4v) is 4.50. The largest absolute Gasteiger partial charge is 0.508 e. The van der Waals surface area contributed by atoms with Crippen molar-refractivity contribution in [3.05, 3.63) is 76.5 Å². The normalized spacial score (nSPS) is 22.1. The number of phenols is 5. The van der Waals surface area contributed by atoms with Crippen molar-refractivity contribution >= 4 is 23.0 Å². The highest BCUT2D eigenvalue weighted by Crippen LogP contribution is 2.39. The van der Waals surface area contributed by atoms with Crippen molar-refractivity contribution in [2.75, 3.05) is 0 Å². The molecule has 1 aliphatic rings. The molecule has 2 heterocycles. The predicted octanol–water partition coefficient (Wildman–Crippen LogP) is 2.46. The average Bonchev–Trinajstić information content (AvgIpc) is 2.96. The van der Waals surface area contributed by atoms with E-state index in [0.29, 0.717) is 5.56 Å². The zero-order valence-electron chi connectivity index (χ0n) is 22.3. The van der Waals surface area contributed by atoms with E-state index in [1.54, 1.807) is 12.1 Å². The van der Waals surface area contributed by atoms with Gasteiger partial charge >= 0.3 is 5.97 Å². The van der Waals surface area contributed by atoms with Crippen molar-refractivity contribution in [2.45, 2.75) is 37.6 Å². The number of rotatable bonds is 6. The summed E-state index contributed by atoms with van der Waals surface area (Å²) in [6, 6.07) is 11.3. The van der Waals surface area contributed by atoms with E-state index in [0.717, 1.165) is 30.3 Å². The lowest BCUT2D eigenvalue weighted by Gasteiger charge is -2.40. The van der Waals surface area contributed by atoms with E-state index in [-0.39, 0.29) is 28.0 Å². The smallest absolute Gasteiger partial charge is 0.331 e. The van der Waals surface area contributed by atoms with Crippen molar-refractivity contribution in [1.29, 1.82) is 0 Å². The van der Waals surface area contributed by atoms with Crippen LogP contribution in [-0.4, -0.2) is 72.4 Å². The molecule has 1 aliphatic heterocycles. The summed E-state index contributed by atoms with van der Waals surface area (Å²) in [5.41, 5.74) is -0.627. The number of carbonyl (C=O) groups is 1. The number of aliphatic hydroxyl groups is 2. The van der Waals surface area contributed by atoms with E-state index in [1.165, 1.54) is 31.2 Å². The Bertz CT molecular complexity index is 1760. The number of benzene rings is 3. The highest BCUT2D eigenvalue weighted by Gasteiger charge is 2.47.